The lowest BCUT2D eigenvalue weighted by atomic mass is 10.0. The second-order valence-corrected chi connectivity index (χ2v) is 5.25. The zero-order chi connectivity index (χ0) is 14.4. The van der Waals surface area contributed by atoms with Gasteiger partial charge in [0.1, 0.15) is 5.75 Å². The van der Waals surface area contributed by atoms with Crippen molar-refractivity contribution in [2.45, 2.75) is 31.9 Å². The summed E-state index contributed by atoms with van der Waals surface area (Å²) in [6.07, 6.45) is 2.70. The maximum atomic E-state index is 6.01. The molecule has 2 N–H and O–H groups in total. The van der Waals surface area contributed by atoms with Crippen LogP contribution in [0.3, 0.4) is 0 Å². The van der Waals surface area contributed by atoms with Crippen LogP contribution in [0.25, 0.3) is 0 Å². The molecule has 1 aliphatic rings. The number of rotatable bonds is 7. The lowest BCUT2D eigenvalue weighted by Gasteiger charge is -2.32. The topological polar surface area (TPSA) is 47.7 Å². The van der Waals surface area contributed by atoms with Gasteiger partial charge in [0.2, 0.25) is 0 Å². The van der Waals surface area contributed by atoms with Gasteiger partial charge in [-0.25, -0.2) is 0 Å². The van der Waals surface area contributed by atoms with Crippen LogP contribution in [-0.4, -0.2) is 44.4 Å². The van der Waals surface area contributed by atoms with Gasteiger partial charge in [0.05, 0.1) is 13.2 Å². The highest BCUT2D eigenvalue weighted by Crippen LogP contribution is 2.24. The van der Waals surface area contributed by atoms with Gasteiger partial charge in [-0.05, 0) is 37.1 Å². The standard InChI is InChI=1S/C16H26N2O2/c1-3-18(12-15-5-4-10-20-15)16(11-17)13-6-8-14(19-2)9-7-13/h6-9,15-16H,3-5,10-12,17H2,1-2H3. The Morgan fingerprint density at radius 2 is 2.15 bits per heavy atom. The molecule has 112 valence electrons. The molecule has 2 atom stereocenters. The van der Waals surface area contributed by atoms with E-state index in [9.17, 15) is 0 Å². The molecule has 1 fully saturated rings. The highest BCUT2D eigenvalue weighted by Gasteiger charge is 2.24. The van der Waals surface area contributed by atoms with E-state index in [4.69, 9.17) is 15.2 Å². The van der Waals surface area contributed by atoms with E-state index in [1.807, 2.05) is 12.1 Å². The first-order chi connectivity index (χ1) is 9.78. The monoisotopic (exact) mass is 278 g/mol. The van der Waals surface area contributed by atoms with Crippen molar-refractivity contribution in [2.75, 3.05) is 33.4 Å². The van der Waals surface area contributed by atoms with Gasteiger partial charge < -0.3 is 15.2 Å². The molecule has 2 rings (SSSR count). The summed E-state index contributed by atoms with van der Waals surface area (Å²) >= 11 is 0. The number of benzene rings is 1. The Kier molecular flexibility index (Phi) is 5.83. The van der Waals surface area contributed by atoms with E-state index in [1.54, 1.807) is 7.11 Å². The molecular formula is C16H26N2O2. The Labute approximate surface area is 121 Å². The molecule has 0 saturated carbocycles. The SMILES string of the molecule is CCN(CC1CCCO1)C(CN)c1ccc(OC)cc1. The van der Waals surface area contributed by atoms with Crippen LogP contribution in [0, 0.1) is 0 Å². The highest BCUT2D eigenvalue weighted by molar-refractivity contribution is 5.29. The Morgan fingerprint density at radius 3 is 2.65 bits per heavy atom. The summed E-state index contributed by atoms with van der Waals surface area (Å²) in [6.45, 7) is 5.64. The van der Waals surface area contributed by atoms with Crippen LogP contribution < -0.4 is 10.5 Å². The van der Waals surface area contributed by atoms with E-state index in [0.29, 0.717) is 12.6 Å². The maximum absolute atomic E-state index is 6.01. The Bertz CT molecular complexity index is 388. The average molecular weight is 278 g/mol. The molecule has 1 aromatic rings. The first-order valence-corrected chi connectivity index (χ1v) is 7.48. The number of likely N-dealkylation sites (N-methyl/N-ethyl adjacent to an activating group) is 1. The lowest BCUT2D eigenvalue weighted by Crippen LogP contribution is -2.38. The number of ether oxygens (including phenoxy) is 2. The van der Waals surface area contributed by atoms with Gasteiger partial charge in [-0.2, -0.15) is 0 Å². The average Bonchev–Trinajstić information content (AvgIpc) is 3.00. The Balaban J connectivity index is 2.06. The van der Waals surface area contributed by atoms with Crippen LogP contribution >= 0.6 is 0 Å². The molecule has 0 radical (unpaired) electrons. The number of nitrogens with zero attached hydrogens (tertiary/aromatic N) is 1. The number of hydrogen-bond donors (Lipinski definition) is 1. The van der Waals surface area contributed by atoms with Crippen LogP contribution in [0.4, 0.5) is 0 Å². The quantitative estimate of drug-likeness (QED) is 0.830. The minimum absolute atomic E-state index is 0.245. The van der Waals surface area contributed by atoms with Gasteiger partial charge in [-0.15, -0.1) is 0 Å². The summed E-state index contributed by atoms with van der Waals surface area (Å²) in [6, 6.07) is 8.45. The summed E-state index contributed by atoms with van der Waals surface area (Å²) in [4.78, 5) is 2.41. The Morgan fingerprint density at radius 1 is 1.40 bits per heavy atom. The van der Waals surface area contributed by atoms with Crippen molar-refractivity contribution < 1.29 is 9.47 Å². The first-order valence-electron chi connectivity index (χ1n) is 7.48. The molecule has 2 unspecified atom stereocenters. The van der Waals surface area contributed by atoms with E-state index in [2.05, 4.69) is 24.0 Å². The number of methoxy groups -OCH3 is 1. The van der Waals surface area contributed by atoms with Crippen molar-refractivity contribution in [1.82, 2.24) is 4.90 Å². The molecule has 0 amide bonds. The maximum Gasteiger partial charge on any atom is 0.118 e. The lowest BCUT2D eigenvalue weighted by molar-refractivity contribution is 0.0601. The van der Waals surface area contributed by atoms with E-state index in [0.717, 1.165) is 31.9 Å². The van der Waals surface area contributed by atoms with Gasteiger partial charge in [-0.1, -0.05) is 19.1 Å². The minimum atomic E-state index is 0.245. The molecule has 20 heavy (non-hydrogen) atoms. The van der Waals surface area contributed by atoms with Gasteiger partial charge in [0, 0.05) is 25.7 Å². The van der Waals surface area contributed by atoms with Crippen LogP contribution in [0.1, 0.15) is 31.4 Å². The molecule has 0 aliphatic carbocycles. The molecule has 1 aromatic carbocycles. The molecule has 1 aliphatic heterocycles. The Hall–Kier alpha value is -1.10. The van der Waals surface area contributed by atoms with Crippen LogP contribution in [0.5, 0.6) is 5.75 Å². The van der Waals surface area contributed by atoms with E-state index < -0.39 is 0 Å². The van der Waals surface area contributed by atoms with Crippen molar-refractivity contribution in [1.29, 1.82) is 0 Å². The second kappa shape index (κ2) is 7.62. The van der Waals surface area contributed by atoms with Crippen molar-refractivity contribution in [3.8, 4) is 5.75 Å². The highest BCUT2D eigenvalue weighted by atomic mass is 16.5. The third-order valence-electron chi connectivity index (χ3n) is 4.03. The van der Waals surface area contributed by atoms with Crippen molar-refractivity contribution >= 4 is 0 Å². The van der Waals surface area contributed by atoms with Crippen LogP contribution in [-0.2, 0) is 4.74 Å². The fraction of sp³-hybridized carbons (Fsp3) is 0.625. The zero-order valence-corrected chi connectivity index (χ0v) is 12.5. The second-order valence-electron chi connectivity index (χ2n) is 5.25. The molecule has 1 heterocycles. The predicted octanol–water partition coefficient (Wildman–Crippen LogP) is 2.20. The molecule has 0 bridgehead atoms. The predicted molar refractivity (Wildman–Crippen MR) is 81.0 cm³/mol. The van der Waals surface area contributed by atoms with Crippen molar-refractivity contribution in [3.05, 3.63) is 29.8 Å². The normalized spacial score (nSPS) is 20.3. The van der Waals surface area contributed by atoms with Crippen molar-refractivity contribution in [3.63, 3.8) is 0 Å². The van der Waals surface area contributed by atoms with Crippen LogP contribution in [0.15, 0.2) is 24.3 Å². The molecule has 1 saturated heterocycles. The summed E-state index contributed by atoms with van der Waals surface area (Å²) in [5.74, 6) is 0.881. The number of hydrogen-bond acceptors (Lipinski definition) is 4. The smallest absolute Gasteiger partial charge is 0.118 e. The summed E-state index contributed by atoms with van der Waals surface area (Å²) < 4.78 is 11.0. The van der Waals surface area contributed by atoms with Crippen molar-refractivity contribution in [2.24, 2.45) is 5.73 Å². The summed E-state index contributed by atoms with van der Waals surface area (Å²) in [5, 5.41) is 0. The zero-order valence-electron chi connectivity index (χ0n) is 12.5. The fourth-order valence-corrected chi connectivity index (χ4v) is 2.85. The minimum Gasteiger partial charge on any atom is -0.497 e. The van der Waals surface area contributed by atoms with E-state index >= 15 is 0 Å². The number of nitrogens with two attached hydrogens (primary N) is 1. The molecule has 4 heteroatoms. The van der Waals surface area contributed by atoms with Gasteiger partial charge >= 0.3 is 0 Å². The molecule has 0 aromatic heterocycles. The van der Waals surface area contributed by atoms with E-state index in [1.165, 1.54) is 12.0 Å². The van der Waals surface area contributed by atoms with Crippen LogP contribution in [0.2, 0.25) is 0 Å². The molecule has 4 nitrogen and oxygen atoms in total. The third kappa shape index (κ3) is 3.72. The summed E-state index contributed by atoms with van der Waals surface area (Å²) in [7, 11) is 1.69. The molecule has 0 spiro atoms. The van der Waals surface area contributed by atoms with E-state index in [-0.39, 0.29) is 6.04 Å². The molecular weight excluding hydrogens is 252 g/mol. The van der Waals surface area contributed by atoms with Gasteiger partial charge in [-0.3, -0.25) is 4.90 Å². The van der Waals surface area contributed by atoms with Gasteiger partial charge in [0.15, 0.2) is 0 Å². The third-order valence-corrected chi connectivity index (χ3v) is 4.03. The largest absolute Gasteiger partial charge is 0.497 e. The first kappa shape index (κ1) is 15.3. The fourth-order valence-electron chi connectivity index (χ4n) is 2.85. The summed E-state index contributed by atoms with van der Waals surface area (Å²) in [5.41, 5.74) is 7.26. The van der Waals surface area contributed by atoms with Gasteiger partial charge in [0.25, 0.3) is 0 Å².